The van der Waals surface area contributed by atoms with Gasteiger partial charge in [0.2, 0.25) is 0 Å². The van der Waals surface area contributed by atoms with Crippen LogP contribution in [0.5, 0.6) is 0 Å². The SMILES string of the molecule is FC(F)(F)c1nc2ccccc2[n-]1. The number of hydrogen-bond acceptors (Lipinski definition) is 1. The van der Waals surface area contributed by atoms with Gasteiger partial charge in [0.25, 0.3) is 0 Å². The normalized spacial score (nSPS) is 12.2. The Morgan fingerprint density at radius 2 is 1.85 bits per heavy atom. The lowest BCUT2D eigenvalue weighted by molar-refractivity contribution is -0.144. The van der Waals surface area contributed by atoms with Gasteiger partial charge in [-0.2, -0.15) is 13.2 Å². The second kappa shape index (κ2) is 2.48. The molecule has 0 aliphatic carbocycles. The first kappa shape index (κ1) is 8.10. The highest BCUT2D eigenvalue weighted by molar-refractivity contribution is 5.74. The molecule has 0 bridgehead atoms. The van der Waals surface area contributed by atoms with Crippen molar-refractivity contribution in [3.8, 4) is 0 Å². The molecule has 5 heteroatoms. The minimum absolute atomic E-state index is 0.273. The Morgan fingerprint density at radius 3 is 2.46 bits per heavy atom. The molecule has 68 valence electrons. The first-order chi connectivity index (χ1) is 6.07. The molecular weight excluding hydrogens is 181 g/mol. The molecule has 0 N–H and O–H groups in total. The number of alkyl halides is 3. The molecule has 0 amide bonds. The predicted octanol–water partition coefficient (Wildman–Crippen LogP) is 2.21. The van der Waals surface area contributed by atoms with Crippen LogP contribution in [0.15, 0.2) is 24.3 Å². The summed E-state index contributed by atoms with van der Waals surface area (Å²) in [4.78, 5) is 6.70. The second-order valence-corrected chi connectivity index (χ2v) is 2.53. The standard InChI is InChI=1S/C8H4F3N2/c9-8(10,11)7-12-5-3-1-2-4-6(5)13-7/h1-4H/q-1. The third-order valence-electron chi connectivity index (χ3n) is 1.59. The van der Waals surface area contributed by atoms with Crippen molar-refractivity contribution in [3.05, 3.63) is 30.1 Å². The van der Waals surface area contributed by atoms with Crippen LogP contribution < -0.4 is 4.98 Å². The maximum Gasteiger partial charge on any atom is 0.408 e. The summed E-state index contributed by atoms with van der Waals surface area (Å²) in [5, 5.41) is 0. The molecule has 0 saturated heterocycles. The van der Waals surface area contributed by atoms with Gasteiger partial charge in [-0.05, 0) is 11.0 Å². The maximum absolute atomic E-state index is 12.1. The fourth-order valence-electron chi connectivity index (χ4n) is 1.03. The number of nitrogens with zero attached hydrogens (tertiary/aromatic N) is 2. The van der Waals surface area contributed by atoms with E-state index in [1.165, 1.54) is 12.1 Å². The Hall–Kier alpha value is -1.52. The van der Waals surface area contributed by atoms with Crippen LogP contribution in [0.25, 0.3) is 11.0 Å². The van der Waals surface area contributed by atoms with Crippen molar-refractivity contribution >= 4 is 11.0 Å². The average molecular weight is 185 g/mol. The smallest absolute Gasteiger partial charge is 0.408 e. The number of hydrogen-bond donors (Lipinski definition) is 0. The second-order valence-electron chi connectivity index (χ2n) is 2.53. The van der Waals surface area contributed by atoms with E-state index in [-0.39, 0.29) is 11.0 Å². The Bertz CT molecular complexity index is 397. The van der Waals surface area contributed by atoms with Gasteiger partial charge >= 0.3 is 6.18 Å². The monoisotopic (exact) mass is 185 g/mol. The first-order valence-corrected chi connectivity index (χ1v) is 3.54. The molecule has 0 radical (unpaired) electrons. The van der Waals surface area contributed by atoms with E-state index >= 15 is 0 Å². The lowest BCUT2D eigenvalue weighted by Gasteiger charge is -2.07. The number of aromatic nitrogens is 2. The Balaban J connectivity index is 2.63. The zero-order valence-corrected chi connectivity index (χ0v) is 6.34. The highest BCUT2D eigenvalue weighted by atomic mass is 19.4. The predicted molar refractivity (Wildman–Crippen MR) is 40.1 cm³/mol. The molecule has 13 heavy (non-hydrogen) atoms. The van der Waals surface area contributed by atoms with E-state index in [9.17, 15) is 13.2 Å². The number of imidazole rings is 1. The number of fused-ring (bicyclic) bond motifs is 1. The van der Waals surface area contributed by atoms with E-state index in [0.29, 0.717) is 0 Å². The van der Waals surface area contributed by atoms with Gasteiger partial charge in [0.15, 0.2) is 0 Å². The van der Waals surface area contributed by atoms with Crippen molar-refractivity contribution in [2.75, 3.05) is 0 Å². The fraction of sp³-hybridized carbons (Fsp3) is 0.125. The van der Waals surface area contributed by atoms with Gasteiger partial charge in [-0.1, -0.05) is 24.3 Å². The van der Waals surface area contributed by atoms with Crippen LogP contribution in [0.2, 0.25) is 0 Å². The molecule has 2 rings (SSSR count). The third-order valence-corrected chi connectivity index (χ3v) is 1.59. The van der Waals surface area contributed by atoms with Crippen molar-refractivity contribution in [1.82, 2.24) is 9.97 Å². The molecule has 0 saturated carbocycles. The lowest BCUT2D eigenvalue weighted by atomic mass is 10.3. The Kier molecular flexibility index (Phi) is 1.55. The zero-order valence-electron chi connectivity index (χ0n) is 6.34. The van der Waals surface area contributed by atoms with Crippen LogP contribution in [-0.4, -0.2) is 4.98 Å². The molecule has 1 aromatic carbocycles. The summed E-state index contributed by atoms with van der Waals surface area (Å²) in [6.45, 7) is 0. The van der Waals surface area contributed by atoms with Crippen molar-refractivity contribution in [1.29, 1.82) is 0 Å². The van der Waals surface area contributed by atoms with Gasteiger partial charge in [-0.3, -0.25) is 0 Å². The van der Waals surface area contributed by atoms with Crippen molar-refractivity contribution < 1.29 is 13.2 Å². The number of halogens is 3. The summed E-state index contributed by atoms with van der Waals surface area (Å²) >= 11 is 0. The Labute approximate surface area is 71.4 Å². The van der Waals surface area contributed by atoms with Gasteiger partial charge in [-0.15, -0.1) is 0 Å². The van der Waals surface area contributed by atoms with E-state index < -0.39 is 12.0 Å². The van der Waals surface area contributed by atoms with Gasteiger partial charge in [0, 0.05) is 5.82 Å². The van der Waals surface area contributed by atoms with E-state index in [0.717, 1.165) is 0 Å². The van der Waals surface area contributed by atoms with Crippen LogP contribution in [0.3, 0.4) is 0 Å². The van der Waals surface area contributed by atoms with Crippen molar-refractivity contribution in [3.63, 3.8) is 0 Å². The summed E-state index contributed by atoms with van der Waals surface area (Å²) in [5.74, 6) is -1.08. The van der Waals surface area contributed by atoms with Crippen LogP contribution in [0.4, 0.5) is 13.2 Å². The van der Waals surface area contributed by atoms with Gasteiger partial charge < -0.3 is 9.97 Å². The summed E-state index contributed by atoms with van der Waals surface area (Å²) < 4.78 is 36.3. The zero-order chi connectivity index (χ0) is 9.47. The maximum atomic E-state index is 12.1. The van der Waals surface area contributed by atoms with E-state index in [1.54, 1.807) is 12.1 Å². The quantitative estimate of drug-likeness (QED) is 0.629. The highest BCUT2D eigenvalue weighted by Gasteiger charge is 2.27. The highest BCUT2D eigenvalue weighted by Crippen LogP contribution is 2.27. The van der Waals surface area contributed by atoms with E-state index in [1.807, 2.05) is 0 Å². The number of rotatable bonds is 0. The molecule has 2 aromatic rings. The van der Waals surface area contributed by atoms with E-state index in [2.05, 4.69) is 9.97 Å². The molecule has 0 fully saturated rings. The van der Waals surface area contributed by atoms with Gasteiger partial charge in [0.1, 0.15) is 0 Å². The molecule has 0 aliphatic rings. The van der Waals surface area contributed by atoms with E-state index in [4.69, 9.17) is 0 Å². The molecule has 1 aromatic heterocycles. The average Bonchev–Trinajstić information content (AvgIpc) is 2.45. The molecule has 2 nitrogen and oxygen atoms in total. The minimum atomic E-state index is -4.46. The topological polar surface area (TPSA) is 27.0 Å². The molecular formula is C8H4F3N2-. The third kappa shape index (κ3) is 1.37. The first-order valence-electron chi connectivity index (χ1n) is 3.54. The summed E-state index contributed by atoms with van der Waals surface area (Å²) in [6.07, 6.45) is -4.46. The lowest BCUT2D eigenvalue weighted by Crippen LogP contribution is -2.08. The van der Waals surface area contributed by atoms with Crippen molar-refractivity contribution in [2.24, 2.45) is 0 Å². The summed E-state index contributed by atoms with van der Waals surface area (Å²) in [6, 6.07) is 6.24. The van der Waals surface area contributed by atoms with Gasteiger partial charge in [-0.25, -0.2) is 0 Å². The number of benzene rings is 1. The molecule has 0 aliphatic heterocycles. The molecule has 0 unspecified atom stereocenters. The largest absolute Gasteiger partial charge is 0.432 e. The molecule has 0 spiro atoms. The minimum Gasteiger partial charge on any atom is -0.432 e. The number of para-hydroxylation sites is 2. The van der Waals surface area contributed by atoms with Crippen LogP contribution in [0, 0.1) is 0 Å². The van der Waals surface area contributed by atoms with Crippen molar-refractivity contribution in [2.45, 2.75) is 6.18 Å². The van der Waals surface area contributed by atoms with Crippen LogP contribution in [-0.2, 0) is 6.18 Å². The molecule has 1 heterocycles. The Morgan fingerprint density at radius 1 is 1.15 bits per heavy atom. The summed E-state index contributed by atoms with van der Waals surface area (Å²) in [7, 11) is 0. The van der Waals surface area contributed by atoms with Crippen LogP contribution in [0.1, 0.15) is 5.82 Å². The van der Waals surface area contributed by atoms with Crippen LogP contribution >= 0.6 is 0 Å². The summed E-state index contributed by atoms with van der Waals surface area (Å²) in [5.41, 5.74) is 0.546. The fourth-order valence-corrected chi connectivity index (χ4v) is 1.03. The molecule has 0 atom stereocenters. The van der Waals surface area contributed by atoms with Gasteiger partial charge in [0.05, 0.1) is 0 Å².